The molecule has 1 nitrogen and oxygen atoms in total. The van der Waals surface area contributed by atoms with E-state index in [-0.39, 0.29) is 17.7 Å². The van der Waals surface area contributed by atoms with Gasteiger partial charge in [-0.15, -0.1) is 0 Å². The molecule has 1 fully saturated rings. The molecule has 1 aromatic carbocycles. The van der Waals surface area contributed by atoms with Crippen LogP contribution in [-0.2, 0) is 0 Å². The Morgan fingerprint density at radius 3 is 2.29 bits per heavy atom. The lowest BCUT2D eigenvalue weighted by Gasteiger charge is -2.30. The molecule has 21 heavy (non-hydrogen) atoms. The third-order valence-corrected chi connectivity index (χ3v) is 4.66. The molecule has 1 unspecified atom stereocenters. The molecule has 0 saturated heterocycles. The van der Waals surface area contributed by atoms with Gasteiger partial charge in [0.1, 0.15) is 11.6 Å². The van der Waals surface area contributed by atoms with Crippen LogP contribution in [0.3, 0.4) is 0 Å². The lowest BCUT2D eigenvalue weighted by molar-refractivity contribution is 0.285. The van der Waals surface area contributed by atoms with Crippen LogP contribution in [0.1, 0.15) is 69.0 Å². The first-order chi connectivity index (χ1) is 10.1. The first-order valence-corrected chi connectivity index (χ1v) is 8.32. The topological polar surface area (TPSA) is 12.0 Å². The van der Waals surface area contributed by atoms with Gasteiger partial charge in [0.15, 0.2) is 0 Å². The van der Waals surface area contributed by atoms with Crippen LogP contribution < -0.4 is 5.32 Å². The Morgan fingerprint density at radius 2 is 1.67 bits per heavy atom. The monoisotopic (exact) mass is 295 g/mol. The molecule has 2 rings (SSSR count). The van der Waals surface area contributed by atoms with E-state index in [0.717, 1.165) is 19.4 Å². The highest BCUT2D eigenvalue weighted by Gasteiger charge is 2.26. The molecule has 118 valence electrons. The van der Waals surface area contributed by atoms with Gasteiger partial charge in [0.25, 0.3) is 0 Å². The largest absolute Gasteiger partial charge is 0.310 e. The predicted octanol–water partition coefficient (Wildman–Crippen LogP) is 5.28. The van der Waals surface area contributed by atoms with E-state index < -0.39 is 0 Å². The van der Waals surface area contributed by atoms with Crippen LogP contribution in [0.2, 0.25) is 0 Å². The van der Waals surface area contributed by atoms with E-state index in [9.17, 15) is 8.78 Å². The average Bonchev–Trinajstić information content (AvgIpc) is 2.41. The van der Waals surface area contributed by atoms with Crippen molar-refractivity contribution in [3.8, 4) is 0 Å². The minimum Gasteiger partial charge on any atom is -0.310 e. The fourth-order valence-electron chi connectivity index (χ4n) is 3.47. The molecule has 0 heterocycles. The zero-order valence-electron chi connectivity index (χ0n) is 13.2. The van der Waals surface area contributed by atoms with E-state index in [1.165, 1.54) is 44.2 Å². The highest BCUT2D eigenvalue weighted by Crippen LogP contribution is 2.34. The second-order valence-corrected chi connectivity index (χ2v) is 6.26. The van der Waals surface area contributed by atoms with Crippen molar-refractivity contribution in [1.82, 2.24) is 5.32 Å². The molecule has 1 aliphatic rings. The first-order valence-electron chi connectivity index (χ1n) is 8.32. The Balaban J connectivity index is 2.26. The van der Waals surface area contributed by atoms with Crippen molar-refractivity contribution in [2.24, 2.45) is 5.92 Å². The van der Waals surface area contributed by atoms with Crippen molar-refractivity contribution >= 4 is 0 Å². The highest BCUT2D eigenvalue weighted by atomic mass is 19.1. The SMILES string of the molecule is CCNC(c1cc(F)c(C)cc1F)C1CCCCCCC1. The second-order valence-electron chi connectivity index (χ2n) is 6.26. The number of hydrogen-bond acceptors (Lipinski definition) is 1. The molecule has 1 N–H and O–H groups in total. The molecule has 1 atom stereocenters. The average molecular weight is 295 g/mol. The Morgan fingerprint density at radius 1 is 1.05 bits per heavy atom. The fourth-order valence-corrected chi connectivity index (χ4v) is 3.47. The number of rotatable bonds is 4. The van der Waals surface area contributed by atoms with Gasteiger partial charge < -0.3 is 5.32 Å². The van der Waals surface area contributed by atoms with Gasteiger partial charge in [0.05, 0.1) is 0 Å². The Kier molecular flexibility index (Phi) is 6.16. The van der Waals surface area contributed by atoms with Crippen molar-refractivity contribution in [2.45, 2.75) is 64.8 Å². The van der Waals surface area contributed by atoms with E-state index in [2.05, 4.69) is 5.32 Å². The lowest BCUT2D eigenvalue weighted by Crippen LogP contribution is -2.30. The number of aryl methyl sites for hydroxylation is 1. The summed E-state index contributed by atoms with van der Waals surface area (Å²) in [4.78, 5) is 0. The third kappa shape index (κ3) is 4.26. The smallest absolute Gasteiger partial charge is 0.128 e. The molecule has 0 spiro atoms. The number of halogens is 2. The van der Waals surface area contributed by atoms with Crippen molar-refractivity contribution in [3.63, 3.8) is 0 Å². The van der Waals surface area contributed by atoms with Crippen LogP contribution in [0.5, 0.6) is 0 Å². The molecule has 0 amide bonds. The number of hydrogen-bond donors (Lipinski definition) is 1. The second kappa shape index (κ2) is 7.88. The Hall–Kier alpha value is -0.960. The van der Waals surface area contributed by atoms with E-state index in [1.807, 2.05) is 6.92 Å². The van der Waals surface area contributed by atoms with E-state index in [4.69, 9.17) is 0 Å². The maximum Gasteiger partial charge on any atom is 0.128 e. The Labute approximate surface area is 127 Å². The summed E-state index contributed by atoms with van der Waals surface area (Å²) in [5.74, 6) is -0.177. The van der Waals surface area contributed by atoms with Gasteiger partial charge in [-0.1, -0.05) is 39.0 Å². The van der Waals surface area contributed by atoms with Crippen LogP contribution in [0, 0.1) is 24.5 Å². The zero-order chi connectivity index (χ0) is 15.2. The van der Waals surface area contributed by atoms with Crippen LogP contribution in [0.25, 0.3) is 0 Å². The predicted molar refractivity (Wildman–Crippen MR) is 83.3 cm³/mol. The molecule has 0 radical (unpaired) electrons. The van der Waals surface area contributed by atoms with Crippen LogP contribution in [-0.4, -0.2) is 6.54 Å². The fraction of sp³-hybridized carbons (Fsp3) is 0.667. The summed E-state index contributed by atoms with van der Waals surface area (Å²) in [7, 11) is 0. The van der Waals surface area contributed by atoms with Crippen molar-refractivity contribution in [2.75, 3.05) is 6.54 Å². The third-order valence-electron chi connectivity index (χ3n) is 4.66. The summed E-state index contributed by atoms with van der Waals surface area (Å²) < 4.78 is 28.2. The summed E-state index contributed by atoms with van der Waals surface area (Å²) in [6, 6.07) is 2.66. The first kappa shape index (κ1) is 16.4. The summed E-state index contributed by atoms with van der Waals surface area (Å²) >= 11 is 0. The van der Waals surface area contributed by atoms with Gasteiger partial charge in [-0.05, 0) is 49.9 Å². The molecule has 1 aromatic rings. The minimum atomic E-state index is -0.305. The normalized spacial score (nSPS) is 19.0. The molecule has 1 aliphatic carbocycles. The van der Waals surface area contributed by atoms with Gasteiger partial charge in [-0.3, -0.25) is 0 Å². The molecular weight excluding hydrogens is 268 g/mol. The van der Waals surface area contributed by atoms with Gasteiger partial charge in [-0.2, -0.15) is 0 Å². The van der Waals surface area contributed by atoms with E-state index in [1.54, 1.807) is 6.92 Å². The van der Waals surface area contributed by atoms with Crippen molar-refractivity contribution in [3.05, 3.63) is 34.9 Å². The molecule has 0 bridgehead atoms. The summed E-state index contributed by atoms with van der Waals surface area (Å²) in [6.07, 6.45) is 8.44. The molecule has 0 aliphatic heterocycles. The summed E-state index contributed by atoms with van der Waals surface area (Å²) in [5.41, 5.74) is 0.884. The van der Waals surface area contributed by atoms with Crippen molar-refractivity contribution in [1.29, 1.82) is 0 Å². The molecule has 3 heteroatoms. The highest BCUT2D eigenvalue weighted by molar-refractivity contribution is 5.28. The van der Waals surface area contributed by atoms with Gasteiger partial charge in [0, 0.05) is 11.6 Å². The maximum absolute atomic E-state index is 14.3. The van der Waals surface area contributed by atoms with Gasteiger partial charge in [0.2, 0.25) is 0 Å². The minimum absolute atomic E-state index is 0.0665. The molecule has 1 saturated carbocycles. The van der Waals surface area contributed by atoms with E-state index in [0.29, 0.717) is 17.0 Å². The quantitative estimate of drug-likeness (QED) is 0.796. The number of nitrogens with one attached hydrogen (secondary N) is 1. The van der Waals surface area contributed by atoms with Gasteiger partial charge in [-0.25, -0.2) is 8.78 Å². The summed E-state index contributed by atoms with van der Waals surface area (Å²) in [6.45, 7) is 4.41. The zero-order valence-corrected chi connectivity index (χ0v) is 13.2. The Bertz CT molecular complexity index is 451. The lowest BCUT2D eigenvalue weighted by atomic mass is 9.82. The number of benzene rings is 1. The van der Waals surface area contributed by atoms with Crippen LogP contribution in [0.4, 0.5) is 8.78 Å². The molecule has 0 aromatic heterocycles. The maximum atomic E-state index is 14.3. The van der Waals surface area contributed by atoms with Crippen LogP contribution >= 0.6 is 0 Å². The summed E-state index contributed by atoms with van der Waals surface area (Å²) in [5, 5.41) is 3.40. The molecular formula is C18H27F2N. The van der Waals surface area contributed by atoms with Crippen molar-refractivity contribution < 1.29 is 8.78 Å². The van der Waals surface area contributed by atoms with Crippen LogP contribution in [0.15, 0.2) is 12.1 Å². The van der Waals surface area contributed by atoms with E-state index >= 15 is 0 Å². The van der Waals surface area contributed by atoms with Gasteiger partial charge >= 0.3 is 0 Å². The standard InChI is InChI=1S/C18H27F2N/c1-3-21-18(14-9-7-5-4-6-8-10-14)15-12-16(19)13(2)11-17(15)20/h11-12,14,18,21H,3-10H2,1-2H3.